The Hall–Kier alpha value is -1.26. The minimum atomic E-state index is 0.620. The molecule has 1 unspecified atom stereocenters. The zero-order chi connectivity index (χ0) is 11.6. The van der Waals surface area contributed by atoms with E-state index in [1.54, 1.807) is 0 Å². The molecule has 1 N–H and O–H groups in total. The zero-order valence-corrected chi connectivity index (χ0v) is 10.3. The molecule has 86 valence electrons. The maximum Gasteiger partial charge on any atom is 0.0582 e. The molecule has 0 aromatic heterocycles. The maximum atomic E-state index is 3.47. The van der Waals surface area contributed by atoms with Crippen LogP contribution in [0.4, 0.5) is 0 Å². The minimum Gasteiger partial charge on any atom is -0.303 e. The topological polar surface area (TPSA) is 12.0 Å². The second-order valence-electron chi connectivity index (χ2n) is 3.94. The van der Waals surface area contributed by atoms with Crippen LogP contribution in [0.1, 0.15) is 38.7 Å². The number of hydrogen-bond acceptors (Lipinski definition) is 1. The molecular weight excluding hydrogens is 194 g/mol. The van der Waals surface area contributed by atoms with Gasteiger partial charge in [-0.25, -0.2) is 0 Å². The Morgan fingerprint density at radius 1 is 1.19 bits per heavy atom. The molecule has 1 atom stereocenters. The Bertz CT molecular complexity index is 331. The van der Waals surface area contributed by atoms with Gasteiger partial charge in [-0.1, -0.05) is 50.3 Å². The fourth-order valence-electron chi connectivity index (χ4n) is 1.66. The van der Waals surface area contributed by atoms with Crippen LogP contribution in [0.2, 0.25) is 0 Å². The lowest BCUT2D eigenvalue weighted by Gasteiger charge is -2.13. The van der Waals surface area contributed by atoms with E-state index in [2.05, 4.69) is 31.0 Å². The number of rotatable bonds is 5. The third-order valence-corrected chi connectivity index (χ3v) is 2.62. The average molecular weight is 215 g/mol. The largest absolute Gasteiger partial charge is 0.303 e. The highest BCUT2D eigenvalue weighted by molar-refractivity contribution is 5.33. The van der Waals surface area contributed by atoms with E-state index in [1.807, 2.05) is 30.3 Å². The van der Waals surface area contributed by atoms with Crippen LogP contribution in [0.15, 0.2) is 30.3 Å². The first kappa shape index (κ1) is 12.8. The molecule has 1 aromatic carbocycles. The highest BCUT2D eigenvalue weighted by Crippen LogP contribution is 1.99. The Balaban J connectivity index is 2.32. The van der Waals surface area contributed by atoms with E-state index < -0.39 is 0 Å². The number of hydrogen-bond donors (Lipinski definition) is 1. The molecule has 1 rings (SSSR count). The average Bonchev–Trinajstić information content (AvgIpc) is 2.34. The fraction of sp³-hybridized carbons (Fsp3) is 0.467. The monoisotopic (exact) mass is 215 g/mol. The van der Waals surface area contributed by atoms with Crippen LogP contribution in [-0.4, -0.2) is 12.6 Å². The summed E-state index contributed by atoms with van der Waals surface area (Å²) < 4.78 is 0. The highest BCUT2D eigenvalue weighted by Gasteiger charge is 2.00. The molecule has 0 radical (unpaired) electrons. The van der Waals surface area contributed by atoms with Crippen LogP contribution >= 0.6 is 0 Å². The minimum absolute atomic E-state index is 0.620. The van der Waals surface area contributed by atoms with E-state index in [9.17, 15) is 0 Å². The van der Waals surface area contributed by atoms with Crippen molar-refractivity contribution < 1.29 is 0 Å². The summed E-state index contributed by atoms with van der Waals surface area (Å²) in [4.78, 5) is 0. The van der Waals surface area contributed by atoms with Gasteiger partial charge in [0.1, 0.15) is 0 Å². The van der Waals surface area contributed by atoms with E-state index >= 15 is 0 Å². The van der Waals surface area contributed by atoms with Gasteiger partial charge in [0.05, 0.1) is 6.54 Å². The molecule has 0 aliphatic carbocycles. The van der Waals surface area contributed by atoms with Gasteiger partial charge < -0.3 is 5.32 Å². The summed E-state index contributed by atoms with van der Waals surface area (Å²) in [5, 5.41) is 3.47. The van der Waals surface area contributed by atoms with Crippen LogP contribution < -0.4 is 5.32 Å². The normalized spacial score (nSPS) is 11.6. The maximum absolute atomic E-state index is 3.47. The lowest BCUT2D eigenvalue weighted by atomic mass is 10.1. The molecule has 0 aliphatic heterocycles. The molecule has 0 saturated carbocycles. The van der Waals surface area contributed by atoms with Crippen molar-refractivity contribution in [3.8, 4) is 11.8 Å². The first-order valence-electron chi connectivity index (χ1n) is 6.14. The van der Waals surface area contributed by atoms with Gasteiger partial charge in [0.15, 0.2) is 0 Å². The third kappa shape index (κ3) is 5.00. The molecule has 1 heteroatoms. The molecule has 0 bridgehead atoms. The van der Waals surface area contributed by atoms with E-state index in [0.717, 1.165) is 12.1 Å². The van der Waals surface area contributed by atoms with Crippen LogP contribution in [0.3, 0.4) is 0 Å². The Labute approximate surface area is 99.3 Å². The second kappa shape index (κ2) is 7.96. The van der Waals surface area contributed by atoms with Crippen LogP contribution in [0, 0.1) is 11.8 Å². The van der Waals surface area contributed by atoms with Crippen molar-refractivity contribution in [1.29, 1.82) is 0 Å². The highest BCUT2D eigenvalue weighted by atomic mass is 14.9. The summed E-state index contributed by atoms with van der Waals surface area (Å²) in [7, 11) is 0. The summed E-state index contributed by atoms with van der Waals surface area (Å²) in [6, 6.07) is 10.7. The van der Waals surface area contributed by atoms with Crippen molar-refractivity contribution >= 4 is 0 Å². The molecule has 0 heterocycles. The first-order valence-corrected chi connectivity index (χ1v) is 6.14. The Kier molecular flexibility index (Phi) is 6.37. The van der Waals surface area contributed by atoms with Crippen molar-refractivity contribution in [1.82, 2.24) is 5.32 Å². The molecule has 1 aromatic rings. The van der Waals surface area contributed by atoms with Gasteiger partial charge >= 0.3 is 0 Å². The number of nitrogens with one attached hydrogen (secondary N) is 1. The summed E-state index contributed by atoms with van der Waals surface area (Å²) in [5.74, 6) is 6.32. The van der Waals surface area contributed by atoms with Crippen molar-refractivity contribution in [3.63, 3.8) is 0 Å². The van der Waals surface area contributed by atoms with Crippen molar-refractivity contribution in [2.45, 2.75) is 39.2 Å². The van der Waals surface area contributed by atoms with Gasteiger partial charge in [-0.2, -0.15) is 0 Å². The predicted octanol–water partition coefficient (Wildman–Crippen LogP) is 3.21. The SMILES string of the molecule is CCCC(CC)NCC#Cc1ccccc1. The van der Waals surface area contributed by atoms with Crippen LogP contribution in [0.25, 0.3) is 0 Å². The standard InChI is InChI=1S/C15H21N/c1-3-9-15(4-2)16-13-8-12-14-10-6-5-7-11-14/h5-7,10-11,15-16H,3-4,9,13H2,1-2H3. The van der Waals surface area contributed by atoms with Crippen molar-refractivity contribution in [2.75, 3.05) is 6.54 Å². The lowest BCUT2D eigenvalue weighted by Crippen LogP contribution is -2.28. The van der Waals surface area contributed by atoms with Crippen molar-refractivity contribution in [2.24, 2.45) is 0 Å². The fourth-order valence-corrected chi connectivity index (χ4v) is 1.66. The summed E-state index contributed by atoms with van der Waals surface area (Å²) in [6.45, 7) is 5.23. The molecule has 0 aliphatic rings. The predicted molar refractivity (Wildman–Crippen MR) is 70.3 cm³/mol. The Morgan fingerprint density at radius 3 is 2.56 bits per heavy atom. The molecule has 0 amide bonds. The first-order chi connectivity index (χ1) is 7.86. The van der Waals surface area contributed by atoms with Gasteiger partial charge in [0.25, 0.3) is 0 Å². The quantitative estimate of drug-likeness (QED) is 0.744. The summed E-state index contributed by atoms with van der Waals surface area (Å²) >= 11 is 0. The summed E-state index contributed by atoms with van der Waals surface area (Å²) in [5.41, 5.74) is 1.09. The Morgan fingerprint density at radius 2 is 1.94 bits per heavy atom. The van der Waals surface area contributed by atoms with Crippen LogP contribution in [-0.2, 0) is 0 Å². The van der Waals surface area contributed by atoms with Gasteiger partial charge in [0.2, 0.25) is 0 Å². The molecule has 16 heavy (non-hydrogen) atoms. The van der Waals surface area contributed by atoms with Gasteiger partial charge in [-0.15, -0.1) is 0 Å². The van der Waals surface area contributed by atoms with Crippen LogP contribution in [0.5, 0.6) is 0 Å². The molecule has 0 spiro atoms. The second-order valence-corrected chi connectivity index (χ2v) is 3.94. The van der Waals surface area contributed by atoms with E-state index in [0.29, 0.717) is 6.04 Å². The lowest BCUT2D eigenvalue weighted by molar-refractivity contribution is 0.488. The van der Waals surface area contributed by atoms with E-state index in [1.165, 1.54) is 19.3 Å². The van der Waals surface area contributed by atoms with E-state index in [4.69, 9.17) is 0 Å². The summed E-state index contributed by atoms with van der Waals surface area (Å²) in [6.07, 6.45) is 3.65. The van der Waals surface area contributed by atoms with Gasteiger partial charge in [0, 0.05) is 11.6 Å². The third-order valence-electron chi connectivity index (χ3n) is 2.62. The van der Waals surface area contributed by atoms with Gasteiger partial charge in [-0.3, -0.25) is 0 Å². The number of benzene rings is 1. The van der Waals surface area contributed by atoms with Crippen molar-refractivity contribution in [3.05, 3.63) is 35.9 Å². The zero-order valence-electron chi connectivity index (χ0n) is 10.3. The smallest absolute Gasteiger partial charge is 0.0582 e. The molecule has 0 saturated heterocycles. The molecular formula is C15H21N. The van der Waals surface area contributed by atoms with Gasteiger partial charge in [-0.05, 0) is 25.0 Å². The van der Waals surface area contributed by atoms with E-state index in [-0.39, 0.29) is 0 Å². The molecule has 1 nitrogen and oxygen atoms in total. The molecule has 0 fully saturated rings.